The van der Waals surface area contributed by atoms with Crippen LogP contribution < -0.4 is 0 Å². The zero-order valence-corrected chi connectivity index (χ0v) is 45.3. The molecule has 0 radical (unpaired) electrons. The first-order valence-corrected chi connectivity index (χ1v) is 26.3. The molecule has 0 atom stereocenters. The van der Waals surface area contributed by atoms with E-state index in [1.807, 2.05) is 13.8 Å². The lowest BCUT2D eigenvalue weighted by molar-refractivity contribution is -0.122. The van der Waals surface area contributed by atoms with E-state index in [0.29, 0.717) is 291 Å². The van der Waals surface area contributed by atoms with Gasteiger partial charge >= 0.3 is 0 Å². The molecule has 0 amide bonds. The van der Waals surface area contributed by atoms with Crippen molar-refractivity contribution in [3.8, 4) is 0 Å². The molecule has 23 heteroatoms. The van der Waals surface area contributed by atoms with Gasteiger partial charge < -0.3 is 104 Å². The molecule has 73 heavy (non-hydrogen) atoms. The fourth-order valence-corrected chi connectivity index (χ4v) is 5.28. The zero-order chi connectivity index (χ0) is 52.5. The summed E-state index contributed by atoms with van der Waals surface area (Å²) in [6, 6.07) is 0. The lowest BCUT2D eigenvalue weighted by Crippen LogP contribution is -2.16. The van der Waals surface area contributed by atoms with Crippen LogP contribution in [0, 0.1) is 5.92 Å². The van der Waals surface area contributed by atoms with Crippen molar-refractivity contribution in [3.63, 3.8) is 0 Å². The third kappa shape index (κ3) is 66.8. The van der Waals surface area contributed by atoms with E-state index in [1.165, 1.54) is 0 Å². The molecule has 0 heterocycles. The number of rotatable bonds is 68. The molecule has 0 N–H and O–H groups in total. The Balaban J connectivity index is 3.08. The number of carbonyl (C=O) groups excluding carboxylic acids is 1. The second-order valence-corrected chi connectivity index (χ2v) is 15.6. The van der Waals surface area contributed by atoms with Gasteiger partial charge in [-0.3, -0.25) is 4.79 Å². The first-order valence-electron chi connectivity index (χ1n) is 26.3. The summed E-state index contributed by atoms with van der Waals surface area (Å²) in [6.07, 6.45) is 1.32. The molecule has 0 aromatic heterocycles. The van der Waals surface area contributed by atoms with Gasteiger partial charge in [0.15, 0.2) is 0 Å². The van der Waals surface area contributed by atoms with Crippen LogP contribution in [0.15, 0.2) is 0 Å². The number of Topliss-reactive ketones (excluding diaryl/α,β-unsaturated/α-hetero) is 1. The molecule has 0 rings (SSSR count). The van der Waals surface area contributed by atoms with E-state index >= 15 is 0 Å². The number of ketones is 1. The van der Waals surface area contributed by atoms with E-state index in [9.17, 15) is 4.79 Å². The second-order valence-electron chi connectivity index (χ2n) is 15.6. The normalized spacial score (nSPS) is 11.8. The number of carbonyl (C=O) groups is 1. The van der Waals surface area contributed by atoms with Crippen LogP contribution in [0.1, 0.15) is 26.7 Å². The summed E-state index contributed by atoms with van der Waals surface area (Å²) in [5.74, 6) is 0.366. The topological polar surface area (TPSA) is 220 Å². The Labute approximate surface area is 437 Å². The fourth-order valence-electron chi connectivity index (χ4n) is 5.28. The molecular formula is C50H100O23. The van der Waals surface area contributed by atoms with Crippen LogP contribution in [-0.4, -0.2) is 297 Å². The van der Waals surface area contributed by atoms with Crippen LogP contribution in [0.2, 0.25) is 0 Å². The highest BCUT2D eigenvalue weighted by Gasteiger charge is 2.06. The third-order valence-electron chi connectivity index (χ3n) is 9.23. The Morgan fingerprint density at radius 3 is 0.466 bits per heavy atom. The monoisotopic (exact) mass is 1070 g/mol. The predicted octanol–water partition coefficient (Wildman–Crippen LogP) is 1.99. The van der Waals surface area contributed by atoms with Crippen molar-refractivity contribution in [3.05, 3.63) is 0 Å². The van der Waals surface area contributed by atoms with Crippen molar-refractivity contribution in [2.24, 2.45) is 5.92 Å². The molecule has 438 valence electrons. The van der Waals surface area contributed by atoms with Crippen LogP contribution in [0.3, 0.4) is 0 Å². The standard InChI is InChI=1S/C50H100O23/c1-49(2)50(51)5-4-6-53-9-10-55-13-14-57-17-18-59-21-22-61-25-26-63-29-30-65-33-34-67-37-38-69-41-42-71-45-46-73-48-47-72-44-43-70-40-39-68-36-35-66-32-31-64-28-27-62-24-23-60-20-19-58-16-15-56-12-11-54-8-7-52-3/h49H,4-48H2,1-3H3. The Morgan fingerprint density at radius 1 is 0.219 bits per heavy atom. The minimum Gasteiger partial charge on any atom is -0.382 e. The lowest BCUT2D eigenvalue weighted by atomic mass is 10.1. The molecule has 0 saturated heterocycles. The highest BCUT2D eigenvalue weighted by molar-refractivity contribution is 5.80. The van der Waals surface area contributed by atoms with E-state index in [2.05, 4.69) is 0 Å². The van der Waals surface area contributed by atoms with E-state index in [4.69, 9.17) is 104 Å². The molecule has 0 aliphatic carbocycles. The summed E-state index contributed by atoms with van der Waals surface area (Å²) in [5, 5.41) is 0. The van der Waals surface area contributed by atoms with Gasteiger partial charge in [0.1, 0.15) is 5.78 Å². The highest BCUT2D eigenvalue weighted by atomic mass is 16.6. The van der Waals surface area contributed by atoms with Gasteiger partial charge in [-0.1, -0.05) is 13.8 Å². The van der Waals surface area contributed by atoms with Gasteiger partial charge in [0, 0.05) is 26.1 Å². The van der Waals surface area contributed by atoms with Gasteiger partial charge in [0.05, 0.1) is 277 Å². The van der Waals surface area contributed by atoms with E-state index in [0.717, 1.165) is 6.42 Å². The number of methoxy groups -OCH3 is 1. The number of ether oxygens (including phenoxy) is 22. The molecule has 0 aliphatic rings. The van der Waals surface area contributed by atoms with E-state index < -0.39 is 0 Å². The minimum absolute atomic E-state index is 0.0896. The average Bonchev–Trinajstić information content (AvgIpc) is 3.39. The van der Waals surface area contributed by atoms with Gasteiger partial charge in [0.25, 0.3) is 0 Å². The minimum atomic E-state index is 0.0896. The maximum atomic E-state index is 11.5. The molecule has 0 spiro atoms. The lowest BCUT2D eigenvalue weighted by Gasteiger charge is -2.09. The molecule has 0 aromatic carbocycles. The Bertz CT molecular complexity index is 1010. The summed E-state index contributed by atoms with van der Waals surface area (Å²) in [4.78, 5) is 11.5. The number of hydrogen-bond donors (Lipinski definition) is 0. The zero-order valence-electron chi connectivity index (χ0n) is 45.3. The highest BCUT2D eigenvalue weighted by Crippen LogP contribution is 2.02. The fraction of sp³-hybridized carbons (Fsp3) is 0.980. The van der Waals surface area contributed by atoms with Crippen molar-refractivity contribution >= 4 is 5.78 Å². The van der Waals surface area contributed by atoms with E-state index in [1.54, 1.807) is 7.11 Å². The first kappa shape index (κ1) is 71.8. The van der Waals surface area contributed by atoms with Crippen LogP contribution in [0.4, 0.5) is 0 Å². The van der Waals surface area contributed by atoms with Crippen molar-refractivity contribution in [2.75, 3.05) is 291 Å². The summed E-state index contributed by atoms with van der Waals surface area (Å²) < 4.78 is 120. The molecule has 0 aliphatic heterocycles. The first-order chi connectivity index (χ1) is 36.2. The van der Waals surface area contributed by atoms with Crippen molar-refractivity contribution < 1.29 is 109 Å². The molecule has 0 saturated carbocycles. The van der Waals surface area contributed by atoms with Crippen LogP contribution >= 0.6 is 0 Å². The smallest absolute Gasteiger partial charge is 0.135 e. The quantitative estimate of drug-likeness (QED) is 0.0795. The summed E-state index contributed by atoms with van der Waals surface area (Å²) in [6.45, 7) is 25.5. The Hall–Kier alpha value is -1.21. The van der Waals surface area contributed by atoms with Crippen LogP contribution in [0.25, 0.3) is 0 Å². The SMILES string of the molecule is COCCOCCOCCOCCOCCOCCOCCOCCOCCOCCOCCOCCOCCOCCOCCOCCOCCOCCOCCOCCOCCOCCCC(=O)C(C)C. The van der Waals surface area contributed by atoms with Gasteiger partial charge in [-0.05, 0) is 6.42 Å². The molecular weight excluding hydrogens is 969 g/mol. The average molecular weight is 1070 g/mol. The van der Waals surface area contributed by atoms with Gasteiger partial charge in [-0.15, -0.1) is 0 Å². The molecule has 0 bridgehead atoms. The van der Waals surface area contributed by atoms with Crippen LogP contribution in [0.5, 0.6) is 0 Å². The maximum Gasteiger partial charge on any atom is 0.135 e. The third-order valence-corrected chi connectivity index (χ3v) is 9.23. The Kier molecular flexibility index (Phi) is 65.8. The predicted molar refractivity (Wildman–Crippen MR) is 268 cm³/mol. The number of hydrogen-bond acceptors (Lipinski definition) is 23. The van der Waals surface area contributed by atoms with Gasteiger partial charge in [-0.2, -0.15) is 0 Å². The summed E-state index contributed by atoms with van der Waals surface area (Å²) in [7, 11) is 1.64. The molecule has 0 unspecified atom stereocenters. The van der Waals surface area contributed by atoms with Crippen molar-refractivity contribution in [1.82, 2.24) is 0 Å². The maximum absolute atomic E-state index is 11.5. The molecule has 0 fully saturated rings. The Morgan fingerprint density at radius 2 is 0.342 bits per heavy atom. The summed E-state index contributed by atoms with van der Waals surface area (Å²) in [5.41, 5.74) is 0. The molecule has 23 nitrogen and oxygen atoms in total. The second kappa shape index (κ2) is 66.9. The van der Waals surface area contributed by atoms with Crippen LogP contribution in [-0.2, 0) is 109 Å². The largest absolute Gasteiger partial charge is 0.382 e. The van der Waals surface area contributed by atoms with Gasteiger partial charge in [0.2, 0.25) is 0 Å². The van der Waals surface area contributed by atoms with E-state index in [-0.39, 0.29) is 11.7 Å². The molecule has 0 aromatic rings. The van der Waals surface area contributed by atoms with Crippen molar-refractivity contribution in [1.29, 1.82) is 0 Å². The van der Waals surface area contributed by atoms with Gasteiger partial charge in [-0.25, -0.2) is 0 Å². The van der Waals surface area contributed by atoms with Crippen molar-refractivity contribution in [2.45, 2.75) is 26.7 Å². The summed E-state index contributed by atoms with van der Waals surface area (Å²) >= 11 is 0.